The highest BCUT2D eigenvalue weighted by molar-refractivity contribution is 9.10. The van der Waals surface area contributed by atoms with Gasteiger partial charge in [0.05, 0.1) is 5.69 Å². The van der Waals surface area contributed by atoms with Crippen molar-refractivity contribution < 1.29 is 14.0 Å². The second-order valence-corrected chi connectivity index (χ2v) is 6.69. The fourth-order valence-corrected chi connectivity index (χ4v) is 3.08. The minimum absolute atomic E-state index is 0.132. The summed E-state index contributed by atoms with van der Waals surface area (Å²) in [6.45, 7) is 3.32. The van der Waals surface area contributed by atoms with E-state index >= 15 is 0 Å². The van der Waals surface area contributed by atoms with Crippen LogP contribution in [0.4, 0.5) is 10.5 Å². The molecule has 24 heavy (non-hydrogen) atoms. The first kappa shape index (κ1) is 16.8. The molecular weight excluding hydrogens is 372 g/mol. The molecule has 6 heteroatoms. The van der Waals surface area contributed by atoms with Crippen molar-refractivity contribution in [3.8, 4) is 0 Å². The van der Waals surface area contributed by atoms with Gasteiger partial charge in [-0.25, -0.2) is 9.69 Å². The Labute approximate surface area is 149 Å². The molecule has 1 aromatic carbocycles. The molecule has 0 spiro atoms. The highest BCUT2D eigenvalue weighted by Gasteiger charge is 2.31. The number of piperidine rings is 1. The second-order valence-electron chi connectivity index (χ2n) is 5.91. The molecule has 3 amide bonds. The van der Waals surface area contributed by atoms with E-state index in [1.54, 1.807) is 29.2 Å². The van der Waals surface area contributed by atoms with Gasteiger partial charge in [-0.15, -0.1) is 0 Å². The summed E-state index contributed by atoms with van der Waals surface area (Å²) in [4.78, 5) is 28.8. The number of likely N-dealkylation sites (tertiary alicyclic amines) is 1. The second kappa shape index (κ2) is 7.21. The minimum atomic E-state index is -0.458. The highest BCUT2D eigenvalue weighted by atomic mass is 79.9. The van der Waals surface area contributed by atoms with Crippen LogP contribution in [0.5, 0.6) is 0 Å². The predicted molar refractivity (Wildman–Crippen MR) is 95.2 cm³/mol. The van der Waals surface area contributed by atoms with Crippen molar-refractivity contribution in [2.45, 2.75) is 26.2 Å². The molecular formula is C18H19BrN2O3. The third kappa shape index (κ3) is 3.53. The molecule has 0 aliphatic carbocycles. The Bertz CT molecular complexity index is 733. The fourth-order valence-electron chi connectivity index (χ4n) is 2.77. The van der Waals surface area contributed by atoms with Crippen LogP contribution in [0.2, 0.25) is 0 Å². The van der Waals surface area contributed by atoms with E-state index in [4.69, 9.17) is 4.42 Å². The van der Waals surface area contributed by atoms with Crippen LogP contribution in [0.15, 0.2) is 45.5 Å². The molecule has 1 saturated heterocycles. The molecule has 2 aromatic rings. The summed E-state index contributed by atoms with van der Waals surface area (Å²) < 4.78 is 5.82. The van der Waals surface area contributed by atoms with E-state index in [1.807, 2.05) is 19.1 Å². The third-order valence-electron chi connectivity index (χ3n) is 4.10. The molecule has 0 bridgehead atoms. The Hall–Kier alpha value is -2.08. The largest absolute Gasteiger partial charge is 0.444 e. The lowest BCUT2D eigenvalue weighted by molar-refractivity contribution is 0.0956. The lowest BCUT2D eigenvalue weighted by Gasteiger charge is -2.31. The molecule has 0 radical (unpaired) electrons. The van der Waals surface area contributed by atoms with Crippen molar-refractivity contribution in [1.29, 1.82) is 0 Å². The molecule has 1 aromatic heterocycles. The van der Waals surface area contributed by atoms with Crippen molar-refractivity contribution in [3.63, 3.8) is 0 Å². The Balaban J connectivity index is 1.95. The number of imide groups is 1. The summed E-state index contributed by atoms with van der Waals surface area (Å²) in [5.41, 5.74) is 1.62. The Morgan fingerprint density at radius 3 is 2.29 bits per heavy atom. The molecule has 3 rings (SSSR count). The number of hydrogen-bond donors (Lipinski definition) is 0. The van der Waals surface area contributed by atoms with Crippen molar-refractivity contribution in [2.24, 2.45) is 0 Å². The predicted octanol–water partition coefficient (Wildman–Crippen LogP) is 4.60. The van der Waals surface area contributed by atoms with E-state index < -0.39 is 5.91 Å². The number of benzene rings is 1. The van der Waals surface area contributed by atoms with Crippen molar-refractivity contribution in [3.05, 3.63) is 52.4 Å². The van der Waals surface area contributed by atoms with Gasteiger partial charge in [0.2, 0.25) is 0 Å². The summed E-state index contributed by atoms with van der Waals surface area (Å²) in [7, 11) is 0. The van der Waals surface area contributed by atoms with Gasteiger partial charge in [0.25, 0.3) is 0 Å². The van der Waals surface area contributed by atoms with E-state index in [0.29, 0.717) is 23.4 Å². The van der Waals surface area contributed by atoms with Crippen LogP contribution < -0.4 is 4.90 Å². The Morgan fingerprint density at radius 1 is 1.04 bits per heavy atom. The normalized spacial score (nSPS) is 14.5. The van der Waals surface area contributed by atoms with Gasteiger partial charge in [0.15, 0.2) is 10.4 Å². The zero-order valence-corrected chi connectivity index (χ0v) is 15.1. The molecule has 0 saturated carbocycles. The van der Waals surface area contributed by atoms with Crippen LogP contribution >= 0.6 is 15.9 Å². The maximum Gasteiger partial charge on any atom is 0.331 e. The third-order valence-corrected chi connectivity index (χ3v) is 4.52. The standard InChI is InChI=1S/C18H19BrN2O3/c1-13-5-7-14(8-6-13)21(17(22)15-9-10-16(19)24-15)18(23)20-11-3-2-4-12-20/h5-10H,2-4,11-12H2,1H3. The van der Waals surface area contributed by atoms with Gasteiger partial charge in [-0.3, -0.25) is 4.79 Å². The van der Waals surface area contributed by atoms with E-state index in [9.17, 15) is 9.59 Å². The van der Waals surface area contributed by atoms with Crippen LogP contribution in [0, 0.1) is 6.92 Å². The molecule has 1 fully saturated rings. The van der Waals surface area contributed by atoms with E-state index in [0.717, 1.165) is 24.8 Å². The highest BCUT2D eigenvalue weighted by Crippen LogP contribution is 2.23. The number of carbonyl (C=O) groups is 2. The van der Waals surface area contributed by atoms with Gasteiger partial charge < -0.3 is 9.32 Å². The van der Waals surface area contributed by atoms with Crippen LogP contribution in [0.3, 0.4) is 0 Å². The Morgan fingerprint density at radius 2 is 1.71 bits per heavy atom. The number of furan rings is 1. The molecule has 126 valence electrons. The summed E-state index contributed by atoms with van der Waals surface area (Å²) in [5.74, 6) is -0.326. The number of hydrogen-bond acceptors (Lipinski definition) is 3. The van der Waals surface area contributed by atoms with Gasteiger partial charge in [-0.2, -0.15) is 0 Å². The van der Waals surface area contributed by atoms with Gasteiger partial charge in [-0.1, -0.05) is 17.7 Å². The van der Waals surface area contributed by atoms with Gasteiger partial charge in [0, 0.05) is 13.1 Å². The lowest BCUT2D eigenvalue weighted by atomic mass is 10.1. The molecule has 0 unspecified atom stereocenters. The maximum atomic E-state index is 13.0. The average Bonchev–Trinajstić information content (AvgIpc) is 3.04. The number of anilines is 1. The average molecular weight is 391 g/mol. The van der Waals surface area contributed by atoms with E-state index in [-0.39, 0.29) is 11.8 Å². The molecule has 0 atom stereocenters. The smallest absolute Gasteiger partial charge is 0.331 e. The first-order chi connectivity index (χ1) is 11.6. The number of rotatable bonds is 2. The van der Waals surface area contributed by atoms with E-state index in [1.165, 1.54) is 4.90 Å². The number of amides is 3. The maximum absolute atomic E-state index is 13.0. The molecule has 1 aliphatic rings. The lowest BCUT2D eigenvalue weighted by Crippen LogP contribution is -2.48. The topological polar surface area (TPSA) is 53.8 Å². The number of aryl methyl sites for hydroxylation is 1. The zero-order chi connectivity index (χ0) is 17.1. The summed E-state index contributed by atoms with van der Waals surface area (Å²) in [5, 5.41) is 0. The van der Waals surface area contributed by atoms with Gasteiger partial charge in [-0.05, 0) is 66.4 Å². The first-order valence-electron chi connectivity index (χ1n) is 8.01. The summed E-state index contributed by atoms with van der Waals surface area (Å²) in [6, 6.07) is 10.3. The summed E-state index contributed by atoms with van der Waals surface area (Å²) >= 11 is 3.20. The first-order valence-corrected chi connectivity index (χ1v) is 8.81. The van der Waals surface area contributed by atoms with Crippen molar-refractivity contribution in [1.82, 2.24) is 4.90 Å². The van der Waals surface area contributed by atoms with Gasteiger partial charge in [0.1, 0.15) is 0 Å². The number of halogens is 1. The fraction of sp³-hybridized carbons (Fsp3) is 0.333. The molecule has 2 heterocycles. The number of nitrogens with zero attached hydrogens (tertiary/aromatic N) is 2. The van der Waals surface area contributed by atoms with Crippen LogP contribution in [0.1, 0.15) is 35.4 Å². The van der Waals surface area contributed by atoms with Crippen molar-refractivity contribution in [2.75, 3.05) is 18.0 Å². The molecule has 0 N–H and O–H groups in total. The van der Waals surface area contributed by atoms with Crippen LogP contribution in [-0.2, 0) is 0 Å². The quantitative estimate of drug-likeness (QED) is 0.752. The van der Waals surface area contributed by atoms with Crippen LogP contribution in [-0.4, -0.2) is 29.9 Å². The minimum Gasteiger partial charge on any atom is -0.444 e. The SMILES string of the molecule is Cc1ccc(N(C(=O)c2ccc(Br)o2)C(=O)N2CCCCC2)cc1. The van der Waals surface area contributed by atoms with Crippen LogP contribution in [0.25, 0.3) is 0 Å². The van der Waals surface area contributed by atoms with Crippen molar-refractivity contribution >= 4 is 33.6 Å². The zero-order valence-electron chi connectivity index (χ0n) is 13.5. The van der Waals surface area contributed by atoms with E-state index in [2.05, 4.69) is 15.9 Å². The number of carbonyl (C=O) groups excluding carboxylic acids is 2. The monoisotopic (exact) mass is 390 g/mol. The Kier molecular flexibility index (Phi) is 5.04. The molecule has 5 nitrogen and oxygen atoms in total. The van der Waals surface area contributed by atoms with Gasteiger partial charge >= 0.3 is 11.9 Å². The summed E-state index contributed by atoms with van der Waals surface area (Å²) in [6.07, 6.45) is 3.05. The number of urea groups is 1. The molecule has 1 aliphatic heterocycles.